The highest BCUT2D eigenvalue weighted by Crippen LogP contribution is 2.23. The molecule has 1 atom stereocenters. The Kier molecular flexibility index (Phi) is 4.76. The highest BCUT2D eigenvalue weighted by molar-refractivity contribution is 9.10. The van der Waals surface area contributed by atoms with Gasteiger partial charge in [0.25, 0.3) is 0 Å². The molecule has 0 saturated carbocycles. The molecule has 0 heterocycles. The van der Waals surface area contributed by atoms with Gasteiger partial charge in [0.1, 0.15) is 11.8 Å². The first-order chi connectivity index (χ1) is 7.54. The minimum Gasteiger partial charge on any atom is -0.496 e. The van der Waals surface area contributed by atoms with Crippen molar-refractivity contribution in [3.63, 3.8) is 0 Å². The lowest BCUT2D eigenvalue weighted by Crippen LogP contribution is -2.33. The maximum Gasteiger partial charge on any atom is 0.320 e. The molecule has 0 saturated heterocycles. The van der Waals surface area contributed by atoms with E-state index in [1.165, 1.54) is 0 Å². The van der Waals surface area contributed by atoms with Crippen molar-refractivity contribution < 1.29 is 14.6 Å². The monoisotopic (exact) mass is 287 g/mol. The van der Waals surface area contributed by atoms with Crippen molar-refractivity contribution in [3.8, 4) is 5.75 Å². The molecule has 0 aliphatic heterocycles. The predicted octanol–water partition coefficient (Wildman–Crippen LogP) is 2.02. The third-order valence-electron chi connectivity index (χ3n) is 2.22. The quantitative estimate of drug-likeness (QED) is 0.870. The Morgan fingerprint density at radius 3 is 2.88 bits per heavy atom. The molecule has 1 unspecified atom stereocenters. The van der Waals surface area contributed by atoms with Crippen molar-refractivity contribution in [1.29, 1.82) is 0 Å². The number of ether oxygens (including phenoxy) is 1. The number of halogens is 1. The minimum absolute atomic E-state index is 0.462. The number of carboxylic acids is 1. The van der Waals surface area contributed by atoms with Crippen LogP contribution in [0.4, 0.5) is 0 Å². The van der Waals surface area contributed by atoms with E-state index >= 15 is 0 Å². The Labute approximate surface area is 103 Å². The first-order valence-corrected chi connectivity index (χ1v) is 5.62. The normalized spacial score (nSPS) is 12.2. The van der Waals surface area contributed by atoms with Gasteiger partial charge in [-0.2, -0.15) is 0 Å². The van der Waals surface area contributed by atoms with Gasteiger partial charge >= 0.3 is 5.97 Å². The molecule has 5 heteroatoms. The Morgan fingerprint density at radius 1 is 1.62 bits per heavy atom. The summed E-state index contributed by atoms with van der Waals surface area (Å²) in [6.45, 7) is 2.07. The molecule has 0 spiro atoms. The predicted molar refractivity (Wildman–Crippen MR) is 64.6 cm³/mol. The van der Waals surface area contributed by atoms with Crippen LogP contribution in [0.15, 0.2) is 22.7 Å². The molecule has 0 bridgehead atoms. The van der Waals surface area contributed by atoms with Gasteiger partial charge in [-0.3, -0.25) is 4.79 Å². The number of methoxy groups -OCH3 is 1. The van der Waals surface area contributed by atoms with Crippen molar-refractivity contribution in [2.45, 2.75) is 19.5 Å². The molecule has 0 aromatic heterocycles. The van der Waals surface area contributed by atoms with E-state index in [0.717, 1.165) is 15.8 Å². The zero-order valence-electron chi connectivity index (χ0n) is 9.16. The average Bonchev–Trinajstić information content (AvgIpc) is 2.26. The van der Waals surface area contributed by atoms with Crippen LogP contribution in [0.3, 0.4) is 0 Å². The largest absolute Gasteiger partial charge is 0.496 e. The number of carboxylic acid groups (broad SMARTS) is 1. The maximum atomic E-state index is 10.6. The molecule has 1 rings (SSSR count). The van der Waals surface area contributed by atoms with Crippen molar-refractivity contribution in [1.82, 2.24) is 5.32 Å². The number of nitrogens with one attached hydrogen (secondary N) is 1. The summed E-state index contributed by atoms with van der Waals surface area (Å²) in [5.41, 5.74) is 0.929. The van der Waals surface area contributed by atoms with Crippen LogP contribution in [0.1, 0.15) is 12.5 Å². The standard InChI is InChI=1S/C11H14BrNO3/c1-7(11(14)15)13-6-8-3-4-9(12)5-10(8)16-2/h3-5,7,13H,6H2,1-2H3,(H,14,15). The molecular weight excluding hydrogens is 274 g/mol. The fourth-order valence-corrected chi connectivity index (χ4v) is 1.55. The number of hydrogen-bond donors (Lipinski definition) is 2. The molecule has 0 amide bonds. The SMILES string of the molecule is COc1cc(Br)ccc1CNC(C)C(=O)O. The number of aliphatic carboxylic acids is 1. The molecule has 0 radical (unpaired) electrons. The van der Waals surface area contributed by atoms with Crippen LogP contribution < -0.4 is 10.1 Å². The highest BCUT2D eigenvalue weighted by Gasteiger charge is 2.11. The fraction of sp³-hybridized carbons (Fsp3) is 0.364. The maximum absolute atomic E-state index is 10.6. The van der Waals surface area contributed by atoms with E-state index in [0.29, 0.717) is 6.54 Å². The molecule has 0 aliphatic carbocycles. The molecule has 0 fully saturated rings. The summed E-state index contributed by atoms with van der Waals surface area (Å²) in [4.78, 5) is 10.6. The lowest BCUT2D eigenvalue weighted by molar-refractivity contribution is -0.139. The molecule has 1 aromatic rings. The van der Waals surface area contributed by atoms with Gasteiger partial charge in [-0.1, -0.05) is 22.0 Å². The van der Waals surface area contributed by atoms with E-state index in [-0.39, 0.29) is 0 Å². The number of hydrogen-bond acceptors (Lipinski definition) is 3. The van der Waals surface area contributed by atoms with Gasteiger partial charge in [0.15, 0.2) is 0 Å². The first-order valence-electron chi connectivity index (χ1n) is 4.83. The Hall–Kier alpha value is -1.07. The summed E-state index contributed by atoms with van der Waals surface area (Å²) in [5.74, 6) is -0.129. The van der Waals surface area contributed by atoms with Crippen LogP contribution in [0.2, 0.25) is 0 Å². The van der Waals surface area contributed by atoms with Gasteiger partial charge < -0.3 is 15.2 Å². The number of rotatable bonds is 5. The van der Waals surface area contributed by atoms with Gasteiger partial charge in [-0.25, -0.2) is 0 Å². The fourth-order valence-electron chi connectivity index (χ4n) is 1.21. The Balaban J connectivity index is 2.70. The average molecular weight is 288 g/mol. The third-order valence-corrected chi connectivity index (χ3v) is 2.71. The van der Waals surface area contributed by atoms with E-state index in [4.69, 9.17) is 9.84 Å². The van der Waals surface area contributed by atoms with Gasteiger partial charge in [0, 0.05) is 16.6 Å². The summed E-state index contributed by atoms with van der Waals surface area (Å²) in [7, 11) is 1.59. The second-order valence-electron chi connectivity index (χ2n) is 3.40. The Morgan fingerprint density at radius 2 is 2.31 bits per heavy atom. The summed E-state index contributed by atoms with van der Waals surface area (Å²) >= 11 is 3.35. The van der Waals surface area contributed by atoms with Crippen LogP contribution in [0.5, 0.6) is 5.75 Å². The van der Waals surface area contributed by atoms with E-state index in [1.54, 1.807) is 14.0 Å². The molecule has 88 valence electrons. The van der Waals surface area contributed by atoms with Crippen LogP contribution in [0, 0.1) is 0 Å². The van der Waals surface area contributed by atoms with Crippen LogP contribution in [-0.4, -0.2) is 24.2 Å². The molecule has 1 aromatic carbocycles. The Bertz CT molecular complexity index is 381. The zero-order valence-corrected chi connectivity index (χ0v) is 10.7. The molecule has 0 aliphatic rings. The van der Waals surface area contributed by atoms with Gasteiger partial charge in [0.05, 0.1) is 7.11 Å². The summed E-state index contributed by atoms with van der Waals surface area (Å²) < 4.78 is 6.13. The van der Waals surface area contributed by atoms with Gasteiger partial charge in [0.2, 0.25) is 0 Å². The number of carbonyl (C=O) groups is 1. The first kappa shape index (κ1) is 13.0. The van der Waals surface area contributed by atoms with E-state index < -0.39 is 12.0 Å². The van der Waals surface area contributed by atoms with Crippen molar-refractivity contribution >= 4 is 21.9 Å². The lowest BCUT2D eigenvalue weighted by Gasteiger charge is -2.12. The second-order valence-corrected chi connectivity index (χ2v) is 4.31. The van der Waals surface area contributed by atoms with Crippen LogP contribution in [0.25, 0.3) is 0 Å². The summed E-state index contributed by atoms with van der Waals surface area (Å²) in [5, 5.41) is 11.6. The van der Waals surface area contributed by atoms with E-state index in [9.17, 15) is 4.79 Å². The van der Waals surface area contributed by atoms with Crippen molar-refractivity contribution in [2.24, 2.45) is 0 Å². The van der Waals surface area contributed by atoms with Crippen LogP contribution in [-0.2, 0) is 11.3 Å². The third kappa shape index (κ3) is 3.50. The van der Waals surface area contributed by atoms with Gasteiger partial charge in [-0.05, 0) is 19.1 Å². The topological polar surface area (TPSA) is 58.6 Å². The second kappa shape index (κ2) is 5.86. The molecule has 2 N–H and O–H groups in total. The lowest BCUT2D eigenvalue weighted by atomic mass is 10.2. The minimum atomic E-state index is -0.865. The highest BCUT2D eigenvalue weighted by atomic mass is 79.9. The molecular formula is C11H14BrNO3. The smallest absolute Gasteiger partial charge is 0.320 e. The molecule has 16 heavy (non-hydrogen) atoms. The number of benzene rings is 1. The van der Waals surface area contributed by atoms with Crippen LogP contribution >= 0.6 is 15.9 Å². The van der Waals surface area contributed by atoms with Crippen molar-refractivity contribution in [2.75, 3.05) is 7.11 Å². The van der Waals surface area contributed by atoms with Crippen molar-refractivity contribution in [3.05, 3.63) is 28.2 Å². The molecule has 4 nitrogen and oxygen atoms in total. The zero-order chi connectivity index (χ0) is 12.1. The van der Waals surface area contributed by atoms with E-state index in [1.807, 2.05) is 18.2 Å². The van der Waals surface area contributed by atoms with E-state index in [2.05, 4.69) is 21.2 Å². The summed E-state index contributed by atoms with van der Waals surface area (Å²) in [6, 6.07) is 5.06. The summed E-state index contributed by atoms with van der Waals surface area (Å²) in [6.07, 6.45) is 0. The van der Waals surface area contributed by atoms with Gasteiger partial charge in [-0.15, -0.1) is 0 Å².